The van der Waals surface area contributed by atoms with Crippen LogP contribution in [0.3, 0.4) is 0 Å². The Morgan fingerprint density at radius 2 is 1.83 bits per heavy atom. The summed E-state index contributed by atoms with van der Waals surface area (Å²) in [6.07, 6.45) is -0.430. The molecule has 1 heterocycles. The zero-order valence-corrected chi connectivity index (χ0v) is 14.0. The second-order valence-electron chi connectivity index (χ2n) is 6.32. The maximum absolute atomic E-state index is 12.1. The van der Waals surface area contributed by atoms with E-state index in [1.807, 2.05) is 57.2 Å². The highest BCUT2D eigenvalue weighted by Crippen LogP contribution is 2.21. The maximum Gasteiger partial charge on any atom is 0.415 e. The Labute approximate surface area is 137 Å². The Morgan fingerprint density at radius 3 is 2.39 bits per heavy atom. The quantitative estimate of drug-likeness (QED) is 0.940. The molecule has 2 aromatic rings. The first-order chi connectivity index (χ1) is 10.8. The molecule has 5 heteroatoms. The van der Waals surface area contributed by atoms with Crippen LogP contribution in [0, 0.1) is 0 Å². The van der Waals surface area contributed by atoms with E-state index >= 15 is 0 Å². The van der Waals surface area contributed by atoms with E-state index in [0.29, 0.717) is 12.4 Å². The van der Waals surface area contributed by atoms with E-state index in [2.05, 4.69) is 4.98 Å². The molecule has 0 radical (unpaired) electrons. The fraction of sp³-hybridized carbons (Fsp3) is 0.333. The molecular weight excluding hydrogens is 290 g/mol. The molecule has 0 saturated carbocycles. The summed E-state index contributed by atoms with van der Waals surface area (Å²) in [5, 5.41) is 0. The number of nitrogens with zero attached hydrogens (tertiary/aromatic N) is 2. The van der Waals surface area contributed by atoms with Crippen LogP contribution in [0.1, 0.15) is 26.3 Å². The molecule has 0 saturated heterocycles. The minimum Gasteiger partial charge on any atom is -0.443 e. The van der Waals surface area contributed by atoms with Crippen LogP contribution >= 0.6 is 0 Å². The predicted octanol–water partition coefficient (Wildman–Crippen LogP) is 3.58. The molecule has 2 N–H and O–H groups in total. The molecule has 1 aromatic heterocycles. The number of anilines is 1. The fourth-order valence-corrected chi connectivity index (χ4v) is 2.01. The van der Waals surface area contributed by atoms with Crippen LogP contribution in [0.4, 0.5) is 10.6 Å². The average molecular weight is 313 g/mol. The summed E-state index contributed by atoms with van der Waals surface area (Å²) < 4.78 is 5.36. The van der Waals surface area contributed by atoms with Gasteiger partial charge in [0.2, 0.25) is 0 Å². The standard InChI is InChI=1S/C18H23N3O2/c1-18(2,3)23-17(22)21(4)16-7-5-6-15(20-16)14-10-8-13(12-19)9-11-14/h5-11H,12,19H2,1-4H3. The zero-order valence-electron chi connectivity index (χ0n) is 14.0. The van der Waals surface area contributed by atoms with Crippen LogP contribution in [0.25, 0.3) is 11.3 Å². The molecular formula is C18H23N3O2. The summed E-state index contributed by atoms with van der Waals surface area (Å²) in [6.45, 7) is 6.01. The number of pyridine rings is 1. The van der Waals surface area contributed by atoms with E-state index in [0.717, 1.165) is 16.8 Å². The third-order valence-corrected chi connectivity index (χ3v) is 3.23. The van der Waals surface area contributed by atoms with E-state index in [9.17, 15) is 4.79 Å². The van der Waals surface area contributed by atoms with E-state index in [-0.39, 0.29) is 0 Å². The molecule has 1 aromatic carbocycles. The molecule has 0 aliphatic rings. The second kappa shape index (κ2) is 6.79. The first-order valence-corrected chi connectivity index (χ1v) is 7.53. The largest absolute Gasteiger partial charge is 0.443 e. The summed E-state index contributed by atoms with van der Waals surface area (Å²) in [6, 6.07) is 13.5. The molecule has 122 valence electrons. The lowest BCUT2D eigenvalue weighted by molar-refractivity contribution is 0.0588. The number of amides is 1. The van der Waals surface area contributed by atoms with Gasteiger partial charge in [0.15, 0.2) is 0 Å². The van der Waals surface area contributed by atoms with Crippen LogP contribution in [0.5, 0.6) is 0 Å². The predicted molar refractivity (Wildman–Crippen MR) is 92.2 cm³/mol. The Balaban J connectivity index is 2.23. The maximum atomic E-state index is 12.1. The van der Waals surface area contributed by atoms with Gasteiger partial charge in [-0.05, 0) is 38.5 Å². The van der Waals surface area contributed by atoms with Crippen molar-refractivity contribution in [3.05, 3.63) is 48.0 Å². The molecule has 2 rings (SSSR count). The first-order valence-electron chi connectivity index (χ1n) is 7.53. The van der Waals surface area contributed by atoms with Crippen molar-refractivity contribution in [2.24, 2.45) is 5.73 Å². The molecule has 0 atom stereocenters. The van der Waals surface area contributed by atoms with Gasteiger partial charge in [-0.1, -0.05) is 30.3 Å². The third kappa shape index (κ3) is 4.53. The van der Waals surface area contributed by atoms with E-state index in [4.69, 9.17) is 10.5 Å². The van der Waals surface area contributed by atoms with Gasteiger partial charge in [-0.2, -0.15) is 0 Å². The van der Waals surface area contributed by atoms with Gasteiger partial charge in [-0.15, -0.1) is 0 Å². The Hall–Kier alpha value is -2.40. The third-order valence-electron chi connectivity index (χ3n) is 3.23. The van der Waals surface area contributed by atoms with E-state index in [1.165, 1.54) is 4.90 Å². The van der Waals surface area contributed by atoms with Gasteiger partial charge < -0.3 is 10.5 Å². The van der Waals surface area contributed by atoms with Gasteiger partial charge in [0.25, 0.3) is 0 Å². The SMILES string of the molecule is CN(C(=O)OC(C)(C)C)c1cccc(-c2ccc(CN)cc2)n1. The molecule has 23 heavy (non-hydrogen) atoms. The van der Waals surface area contributed by atoms with Crippen LogP contribution in [0.15, 0.2) is 42.5 Å². The second-order valence-corrected chi connectivity index (χ2v) is 6.32. The van der Waals surface area contributed by atoms with Gasteiger partial charge in [0.05, 0.1) is 5.69 Å². The topological polar surface area (TPSA) is 68.5 Å². The van der Waals surface area contributed by atoms with Crippen molar-refractivity contribution in [1.29, 1.82) is 0 Å². The van der Waals surface area contributed by atoms with Crippen molar-refractivity contribution in [3.8, 4) is 11.3 Å². The Bertz CT molecular complexity index is 675. The smallest absolute Gasteiger partial charge is 0.415 e. The Morgan fingerprint density at radius 1 is 1.17 bits per heavy atom. The van der Waals surface area contributed by atoms with Gasteiger partial charge in [-0.3, -0.25) is 4.90 Å². The molecule has 0 fully saturated rings. The number of aromatic nitrogens is 1. The van der Waals surface area contributed by atoms with Crippen molar-refractivity contribution < 1.29 is 9.53 Å². The summed E-state index contributed by atoms with van der Waals surface area (Å²) in [4.78, 5) is 18.1. The van der Waals surface area contributed by atoms with Crippen molar-refractivity contribution in [2.75, 3.05) is 11.9 Å². The number of carbonyl (C=O) groups excluding carboxylic acids is 1. The van der Waals surface area contributed by atoms with Crippen molar-refractivity contribution in [1.82, 2.24) is 4.98 Å². The van der Waals surface area contributed by atoms with Gasteiger partial charge in [-0.25, -0.2) is 9.78 Å². The van der Waals surface area contributed by atoms with Crippen LogP contribution in [-0.2, 0) is 11.3 Å². The molecule has 1 amide bonds. The van der Waals surface area contributed by atoms with Crippen molar-refractivity contribution in [2.45, 2.75) is 32.9 Å². The van der Waals surface area contributed by atoms with Crippen molar-refractivity contribution >= 4 is 11.9 Å². The highest BCUT2D eigenvalue weighted by molar-refractivity contribution is 5.86. The normalized spacial score (nSPS) is 11.2. The van der Waals surface area contributed by atoms with Crippen LogP contribution in [-0.4, -0.2) is 23.7 Å². The first kappa shape index (κ1) is 17.0. The molecule has 5 nitrogen and oxygen atoms in total. The van der Waals surface area contributed by atoms with Gasteiger partial charge >= 0.3 is 6.09 Å². The van der Waals surface area contributed by atoms with E-state index < -0.39 is 11.7 Å². The minimum absolute atomic E-state index is 0.430. The highest BCUT2D eigenvalue weighted by atomic mass is 16.6. The number of benzene rings is 1. The average Bonchev–Trinajstić information content (AvgIpc) is 2.52. The van der Waals surface area contributed by atoms with Crippen LogP contribution in [0.2, 0.25) is 0 Å². The highest BCUT2D eigenvalue weighted by Gasteiger charge is 2.21. The van der Waals surface area contributed by atoms with Crippen LogP contribution < -0.4 is 10.6 Å². The summed E-state index contributed by atoms with van der Waals surface area (Å²) in [7, 11) is 1.65. The zero-order chi connectivity index (χ0) is 17.0. The molecule has 0 unspecified atom stereocenters. The lowest BCUT2D eigenvalue weighted by atomic mass is 10.1. The minimum atomic E-state index is -0.541. The van der Waals surface area contributed by atoms with Crippen molar-refractivity contribution in [3.63, 3.8) is 0 Å². The molecule has 0 bridgehead atoms. The number of rotatable bonds is 3. The molecule has 0 aliphatic heterocycles. The number of carbonyl (C=O) groups is 1. The number of hydrogen-bond acceptors (Lipinski definition) is 4. The van der Waals surface area contributed by atoms with Gasteiger partial charge in [0.1, 0.15) is 11.4 Å². The number of hydrogen-bond donors (Lipinski definition) is 1. The Kier molecular flexibility index (Phi) is 5.01. The fourth-order valence-electron chi connectivity index (χ4n) is 2.01. The number of ether oxygens (including phenoxy) is 1. The number of nitrogens with two attached hydrogens (primary N) is 1. The monoisotopic (exact) mass is 313 g/mol. The lowest BCUT2D eigenvalue weighted by Crippen LogP contribution is -2.34. The summed E-state index contributed by atoms with van der Waals surface area (Å²) >= 11 is 0. The summed E-state index contributed by atoms with van der Waals surface area (Å²) in [5.74, 6) is 0.541. The molecule has 0 aliphatic carbocycles. The molecule has 0 spiro atoms. The van der Waals surface area contributed by atoms with Gasteiger partial charge in [0, 0.05) is 19.2 Å². The van der Waals surface area contributed by atoms with E-state index in [1.54, 1.807) is 13.1 Å². The lowest BCUT2D eigenvalue weighted by Gasteiger charge is -2.24. The summed E-state index contributed by atoms with van der Waals surface area (Å²) in [5.41, 5.74) is 7.90.